The molecule has 0 fully saturated rings. The Kier molecular flexibility index (Phi) is 4.09. The Morgan fingerprint density at radius 3 is 2.50 bits per heavy atom. The number of hydrazine groups is 1. The zero-order valence-corrected chi connectivity index (χ0v) is 10.6. The molecule has 2 rings (SSSR count). The molecule has 1 aromatic heterocycles. The first-order chi connectivity index (χ1) is 8.76. The molecule has 0 amide bonds. The van der Waals surface area contributed by atoms with E-state index in [-0.39, 0.29) is 6.04 Å². The van der Waals surface area contributed by atoms with Gasteiger partial charge in [0, 0.05) is 17.4 Å². The largest absolute Gasteiger partial charge is 0.480 e. The molecule has 0 aliphatic carbocycles. The first-order valence-electron chi connectivity index (χ1n) is 5.32. The lowest BCUT2D eigenvalue weighted by Gasteiger charge is -2.17. The number of aromatic nitrogens is 2. The van der Waals surface area contributed by atoms with Gasteiger partial charge in [-0.15, -0.1) is 0 Å². The molecule has 6 heteroatoms. The van der Waals surface area contributed by atoms with E-state index in [9.17, 15) is 0 Å². The van der Waals surface area contributed by atoms with Crippen LogP contribution in [0.5, 0.6) is 5.88 Å². The second-order valence-electron chi connectivity index (χ2n) is 3.60. The molecule has 0 radical (unpaired) electrons. The lowest BCUT2D eigenvalue weighted by molar-refractivity contribution is 0.383. The maximum absolute atomic E-state index is 5.86. The number of rotatable bonds is 4. The van der Waals surface area contributed by atoms with Gasteiger partial charge < -0.3 is 4.74 Å². The van der Waals surface area contributed by atoms with Gasteiger partial charge in [0.15, 0.2) is 0 Å². The normalized spacial score (nSPS) is 12.2. The van der Waals surface area contributed by atoms with E-state index in [1.807, 2.05) is 12.1 Å². The Balaban J connectivity index is 2.41. The molecule has 1 heterocycles. The topological polar surface area (TPSA) is 73.1 Å². The number of hydrogen-bond donors (Lipinski definition) is 2. The summed E-state index contributed by atoms with van der Waals surface area (Å²) in [5.74, 6) is 6.03. The summed E-state index contributed by atoms with van der Waals surface area (Å²) in [5, 5.41) is 0.667. The molecular formula is C12H13ClN4O. The highest BCUT2D eigenvalue weighted by Crippen LogP contribution is 2.26. The third-order valence-corrected chi connectivity index (χ3v) is 2.78. The summed E-state index contributed by atoms with van der Waals surface area (Å²) in [7, 11) is 1.54. The van der Waals surface area contributed by atoms with E-state index in [1.54, 1.807) is 31.6 Å². The minimum absolute atomic E-state index is 0.300. The van der Waals surface area contributed by atoms with E-state index < -0.39 is 0 Å². The number of hydrogen-bond acceptors (Lipinski definition) is 5. The zero-order valence-electron chi connectivity index (χ0n) is 9.80. The monoisotopic (exact) mass is 264 g/mol. The highest BCUT2D eigenvalue weighted by Gasteiger charge is 2.19. The van der Waals surface area contributed by atoms with Crippen molar-refractivity contribution in [3.8, 4) is 5.88 Å². The lowest BCUT2D eigenvalue weighted by atomic mass is 10.0. The summed E-state index contributed by atoms with van der Waals surface area (Å²) < 4.78 is 5.18. The number of ether oxygens (including phenoxy) is 1. The molecule has 0 saturated carbocycles. The molecule has 5 nitrogen and oxygen atoms in total. The molecule has 3 N–H and O–H groups in total. The molecule has 2 aromatic rings. The maximum Gasteiger partial charge on any atom is 0.237 e. The Labute approximate surface area is 110 Å². The number of benzene rings is 1. The van der Waals surface area contributed by atoms with Crippen molar-refractivity contribution < 1.29 is 4.74 Å². The van der Waals surface area contributed by atoms with Gasteiger partial charge in [-0.25, -0.2) is 10.4 Å². The van der Waals surface area contributed by atoms with Gasteiger partial charge in [0.25, 0.3) is 0 Å². The number of nitrogens with zero attached hydrogens (tertiary/aromatic N) is 2. The van der Waals surface area contributed by atoms with Crippen molar-refractivity contribution in [3.05, 3.63) is 52.9 Å². The van der Waals surface area contributed by atoms with Crippen molar-refractivity contribution in [1.82, 2.24) is 15.4 Å². The zero-order chi connectivity index (χ0) is 13.0. The maximum atomic E-state index is 5.86. The van der Waals surface area contributed by atoms with Crippen molar-refractivity contribution in [3.63, 3.8) is 0 Å². The van der Waals surface area contributed by atoms with E-state index in [0.29, 0.717) is 16.6 Å². The van der Waals surface area contributed by atoms with Crippen LogP contribution in [0, 0.1) is 0 Å². The highest BCUT2D eigenvalue weighted by molar-refractivity contribution is 6.30. The van der Waals surface area contributed by atoms with Crippen LogP contribution in [0.3, 0.4) is 0 Å². The average molecular weight is 265 g/mol. The molecule has 0 spiro atoms. The molecule has 18 heavy (non-hydrogen) atoms. The fourth-order valence-corrected chi connectivity index (χ4v) is 1.81. The Morgan fingerprint density at radius 1 is 1.22 bits per heavy atom. The van der Waals surface area contributed by atoms with Crippen LogP contribution in [0.4, 0.5) is 0 Å². The summed E-state index contributed by atoms with van der Waals surface area (Å²) >= 11 is 5.86. The van der Waals surface area contributed by atoms with Gasteiger partial charge in [0.2, 0.25) is 5.88 Å². The Hall–Kier alpha value is -1.69. The van der Waals surface area contributed by atoms with Crippen LogP contribution in [0.15, 0.2) is 36.7 Å². The van der Waals surface area contributed by atoms with Crippen molar-refractivity contribution in [1.29, 1.82) is 0 Å². The first kappa shape index (κ1) is 12.8. The molecule has 0 aliphatic rings. The quantitative estimate of drug-likeness (QED) is 0.649. The molecular weight excluding hydrogens is 252 g/mol. The third kappa shape index (κ3) is 2.59. The number of methoxy groups -OCH3 is 1. The van der Waals surface area contributed by atoms with Crippen LogP contribution in [-0.2, 0) is 0 Å². The van der Waals surface area contributed by atoms with Crippen LogP contribution in [0.25, 0.3) is 0 Å². The van der Waals surface area contributed by atoms with Gasteiger partial charge in [0.1, 0.15) is 5.69 Å². The SMILES string of the molecule is COc1nccnc1C(NN)c1ccc(Cl)cc1. The standard InChI is InChI=1S/C12H13ClN4O/c1-18-12-11(15-6-7-16-12)10(17-14)8-2-4-9(13)5-3-8/h2-7,10,17H,14H2,1H3. The minimum Gasteiger partial charge on any atom is -0.480 e. The van der Waals surface area contributed by atoms with Crippen LogP contribution in [0.2, 0.25) is 5.02 Å². The predicted molar refractivity (Wildman–Crippen MR) is 69.2 cm³/mol. The lowest BCUT2D eigenvalue weighted by Crippen LogP contribution is -2.30. The molecule has 0 bridgehead atoms. The summed E-state index contributed by atoms with van der Waals surface area (Å²) in [6, 6.07) is 7.04. The minimum atomic E-state index is -0.300. The summed E-state index contributed by atoms with van der Waals surface area (Å²) in [6.45, 7) is 0. The van der Waals surface area contributed by atoms with Crippen LogP contribution < -0.4 is 16.0 Å². The number of halogens is 1. The van der Waals surface area contributed by atoms with Gasteiger partial charge in [-0.2, -0.15) is 0 Å². The van der Waals surface area contributed by atoms with Gasteiger partial charge in [-0.1, -0.05) is 23.7 Å². The van der Waals surface area contributed by atoms with Crippen molar-refractivity contribution in [2.24, 2.45) is 5.84 Å². The van der Waals surface area contributed by atoms with Gasteiger partial charge >= 0.3 is 0 Å². The fraction of sp³-hybridized carbons (Fsp3) is 0.167. The van der Waals surface area contributed by atoms with Gasteiger partial charge in [0.05, 0.1) is 13.2 Å². The van der Waals surface area contributed by atoms with E-state index in [4.69, 9.17) is 22.2 Å². The van der Waals surface area contributed by atoms with Crippen LogP contribution >= 0.6 is 11.6 Å². The van der Waals surface area contributed by atoms with Crippen molar-refractivity contribution >= 4 is 11.6 Å². The first-order valence-corrected chi connectivity index (χ1v) is 5.70. The molecule has 1 aromatic carbocycles. The predicted octanol–water partition coefficient (Wildman–Crippen LogP) is 1.69. The highest BCUT2D eigenvalue weighted by atomic mass is 35.5. The molecule has 0 saturated heterocycles. The van der Waals surface area contributed by atoms with E-state index in [2.05, 4.69) is 15.4 Å². The fourth-order valence-electron chi connectivity index (χ4n) is 1.68. The van der Waals surface area contributed by atoms with Gasteiger partial charge in [-0.3, -0.25) is 10.8 Å². The van der Waals surface area contributed by atoms with E-state index in [0.717, 1.165) is 5.56 Å². The van der Waals surface area contributed by atoms with E-state index in [1.165, 1.54) is 0 Å². The van der Waals surface area contributed by atoms with E-state index >= 15 is 0 Å². The summed E-state index contributed by atoms with van der Waals surface area (Å²) in [6.07, 6.45) is 3.16. The smallest absolute Gasteiger partial charge is 0.237 e. The summed E-state index contributed by atoms with van der Waals surface area (Å²) in [5.41, 5.74) is 4.26. The Bertz CT molecular complexity index is 518. The van der Waals surface area contributed by atoms with Crippen molar-refractivity contribution in [2.45, 2.75) is 6.04 Å². The molecule has 0 aliphatic heterocycles. The second kappa shape index (κ2) is 5.77. The number of nitrogens with one attached hydrogen (secondary N) is 1. The second-order valence-corrected chi connectivity index (χ2v) is 4.04. The number of nitrogens with two attached hydrogens (primary N) is 1. The molecule has 1 unspecified atom stereocenters. The Morgan fingerprint density at radius 2 is 1.89 bits per heavy atom. The van der Waals surface area contributed by atoms with Crippen LogP contribution in [-0.4, -0.2) is 17.1 Å². The van der Waals surface area contributed by atoms with Crippen molar-refractivity contribution in [2.75, 3.05) is 7.11 Å². The summed E-state index contributed by atoms with van der Waals surface area (Å²) in [4.78, 5) is 8.36. The van der Waals surface area contributed by atoms with Gasteiger partial charge in [-0.05, 0) is 17.7 Å². The molecule has 1 atom stereocenters. The molecule has 94 valence electrons. The third-order valence-electron chi connectivity index (χ3n) is 2.53. The average Bonchev–Trinajstić information content (AvgIpc) is 2.42. The van der Waals surface area contributed by atoms with Crippen LogP contribution in [0.1, 0.15) is 17.3 Å².